The van der Waals surface area contributed by atoms with Gasteiger partial charge in [0.25, 0.3) is 0 Å². The first kappa shape index (κ1) is 13.0. The fourth-order valence-electron chi connectivity index (χ4n) is 1.45. The van der Waals surface area contributed by atoms with Gasteiger partial charge in [0.05, 0.1) is 3.79 Å². The van der Waals surface area contributed by atoms with Crippen molar-refractivity contribution in [3.05, 3.63) is 55.4 Å². The molecule has 0 saturated carbocycles. The molecule has 2 aromatic rings. The zero-order valence-corrected chi connectivity index (χ0v) is 12.0. The highest BCUT2D eigenvalue weighted by molar-refractivity contribution is 9.11. The van der Waals surface area contributed by atoms with E-state index in [4.69, 9.17) is 11.6 Å². The van der Waals surface area contributed by atoms with Crippen LogP contribution in [-0.4, -0.2) is 0 Å². The molecular weight excluding hydrogens is 325 g/mol. The molecule has 1 aromatic carbocycles. The Hall–Kier alpha value is -0.420. The average Bonchev–Trinajstić information content (AvgIpc) is 2.69. The molecule has 0 aliphatic rings. The predicted molar refractivity (Wildman–Crippen MR) is 74.0 cm³/mol. The molecule has 0 bridgehead atoms. The van der Waals surface area contributed by atoms with Gasteiger partial charge in [0.1, 0.15) is 5.82 Å². The summed E-state index contributed by atoms with van der Waals surface area (Å²) in [5.41, 5.74) is 0.780. The monoisotopic (exact) mass is 333 g/mol. The molecule has 0 atom stereocenters. The first-order valence-electron chi connectivity index (χ1n) is 5.04. The van der Waals surface area contributed by atoms with Crippen LogP contribution in [0.25, 0.3) is 0 Å². The van der Waals surface area contributed by atoms with Crippen LogP contribution in [0, 0.1) is 5.82 Å². The lowest BCUT2D eigenvalue weighted by Gasteiger charge is -2.05. The molecule has 0 spiro atoms. The number of rotatable bonds is 4. The lowest BCUT2D eigenvalue weighted by atomic mass is 10.2. The second-order valence-electron chi connectivity index (χ2n) is 3.55. The van der Waals surface area contributed by atoms with E-state index < -0.39 is 0 Å². The first-order valence-corrected chi connectivity index (χ1v) is 7.03. The molecule has 1 nitrogen and oxygen atoms in total. The van der Waals surface area contributed by atoms with Crippen molar-refractivity contribution in [1.82, 2.24) is 5.32 Å². The minimum absolute atomic E-state index is 0.259. The molecule has 1 heterocycles. The Morgan fingerprint density at radius 3 is 2.76 bits per heavy atom. The van der Waals surface area contributed by atoms with Gasteiger partial charge in [-0.05, 0) is 51.8 Å². The fraction of sp³-hybridized carbons (Fsp3) is 0.167. The number of benzene rings is 1. The van der Waals surface area contributed by atoms with Crippen molar-refractivity contribution in [2.45, 2.75) is 13.1 Å². The summed E-state index contributed by atoms with van der Waals surface area (Å²) in [6.45, 7) is 1.31. The van der Waals surface area contributed by atoms with E-state index >= 15 is 0 Å². The van der Waals surface area contributed by atoms with E-state index in [9.17, 15) is 4.39 Å². The van der Waals surface area contributed by atoms with Crippen LogP contribution in [0.4, 0.5) is 4.39 Å². The third kappa shape index (κ3) is 3.78. The molecule has 0 amide bonds. The van der Waals surface area contributed by atoms with Crippen LogP contribution < -0.4 is 5.32 Å². The minimum Gasteiger partial charge on any atom is -0.308 e. The zero-order valence-electron chi connectivity index (χ0n) is 8.84. The highest BCUT2D eigenvalue weighted by Crippen LogP contribution is 2.22. The zero-order chi connectivity index (χ0) is 12.3. The van der Waals surface area contributed by atoms with Crippen LogP contribution in [0.2, 0.25) is 5.02 Å². The molecule has 0 unspecified atom stereocenters. The maximum atomic E-state index is 13.0. The Balaban J connectivity index is 1.91. The van der Waals surface area contributed by atoms with Crippen LogP contribution in [0.5, 0.6) is 0 Å². The summed E-state index contributed by atoms with van der Waals surface area (Å²) in [5.74, 6) is -0.259. The van der Waals surface area contributed by atoms with E-state index in [1.54, 1.807) is 17.4 Å². The van der Waals surface area contributed by atoms with Crippen molar-refractivity contribution in [2.24, 2.45) is 0 Å². The van der Waals surface area contributed by atoms with Gasteiger partial charge in [-0.2, -0.15) is 0 Å². The van der Waals surface area contributed by atoms with Crippen LogP contribution in [0.3, 0.4) is 0 Å². The van der Waals surface area contributed by atoms with Gasteiger partial charge in [-0.3, -0.25) is 0 Å². The molecule has 0 fully saturated rings. The molecular formula is C12H10BrClFNS. The van der Waals surface area contributed by atoms with E-state index in [-0.39, 0.29) is 5.82 Å². The lowest BCUT2D eigenvalue weighted by molar-refractivity contribution is 0.620. The van der Waals surface area contributed by atoms with Crippen molar-refractivity contribution in [2.75, 3.05) is 0 Å². The van der Waals surface area contributed by atoms with Gasteiger partial charge >= 0.3 is 0 Å². The summed E-state index contributed by atoms with van der Waals surface area (Å²) in [7, 11) is 0. The quantitative estimate of drug-likeness (QED) is 0.862. The number of hydrogen-bond donors (Lipinski definition) is 1. The minimum atomic E-state index is -0.259. The molecule has 90 valence electrons. The van der Waals surface area contributed by atoms with Crippen molar-refractivity contribution in [3.63, 3.8) is 0 Å². The number of thiophene rings is 1. The average molecular weight is 335 g/mol. The van der Waals surface area contributed by atoms with Crippen molar-refractivity contribution in [3.8, 4) is 0 Å². The smallest absolute Gasteiger partial charge is 0.123 e. The highest BCUT2D eigenvalue weighted by atomic mass is 79.9. The molecule has 5 heteroatoms. The molecule has 0 aliphatic carbocycles. The van der Waals surface area contributed by atoms with E-state index in [2.05, 4.69) is 27.3 Å². The second kappa shape index (κ2) is 5.96. The number of halogens is 3. The van der Waals surface area contributed by atoms with E-state index in [0.29, 0.717) is 11.6 Å². The third-order valence-corrected chi connectivity index (χ3v) is 4.24. The second-order valence-corrected chi connectivity index (χ2v) is 6.50. The molecule has 1 N–H and O–H groups in total. The van der Waals surface area contributed by atoms with E-state index in [1.165, 1.54) is 17.0 Å². The molecule has 2 rings (SSSR count). The largest absolute Gasteiger partial charge is 0.308 e. The van der Waals surface area contributed by atoms with Gasteiger partial charge in [0, 0.05) is 23.0 Å². The van der Waals surface area contributed by atoms with Crippen LogP contribution in [0.1, 0.15) is 10.4 Å². The summed E-state index contributed by atoms with van der Waals surface area (Å²) in [6.07, 6.45) is 0. The first-order chi connectivity index (χ1) is 8.15. The number of hydrogen-bond acceptors (Lipinski definition) is 2. The Labute approximate surface area is 117 Å². The van der Waals surface area contributed by atoms with Crippen LogP contribution >= 0.6 is 38.9 Å². The predicted octanol–water partition coefficient (Wildman–Crippen LogP) is 4.59. The Morgan fingerprint density at radius 2 is 2.06 bits per heavy atom. The molecule has 17 heavy (non-hydrogen) atoms. The van der Waals surface area contributed by atoms with E-state index in [0.717, 1.165) is 15.9 Å². The summed E-state index contributed by atoms with van der Waals surface area (Å²) in [4.78, 5) is 1.23. The van der Waals surface area contributed by atoms with Gasteiger partial charge in [-0.15, -0.1) is 11.3 Å². The summed E-state index contributed by atoms with van der Waals surface area (Å²) in [6, 6.07) is 8.46. The van der Waals surface area contributed by atoms with Crippen molar-refractivity contribution in [1.29, 1.82) is 0 Å². The third-order valence-electron chi connectivity index (χ3n) is 2.25. The summed E-state index contributed by atoms with van der Waals surface area (Å²) < 4.78 is 14.1. The number of nitrogens with one attached hydrogen (secondary N) is 1. The molecule has 0 radical (unpaired) electrons. The van der Waals surface area contributed by atoms with Crippen LogP contribution in [-0.2, 0) is 13.1 Å². The molecule has 0 saturated heterocycles. The normalized spacial score (nSPS) is 10.8. The van der Waals surface area contributed by atoms with E-state index in [1.807, 2.05) is 6.07 Å². The maximum Gasteiger partial charge on any atom is 0.123 e. The summed E-state index contributed by atoms with van der Waals surface area (Å²) in [5, 5.41) is 3.83. The Bertz CT molecular complexity index is 515. The SMILES string of the molecule is Fc1ccc(Cl)c(CNCc2ccc(Br)s2)c1. The van der Waals surface area contributed by atoms with Gasteiger partial charge in [0.15, 0.2) is 0 Å². The van der Waals surface area contributed by atoms with Gasteiger partial charge in [-0.1, -0.05) is 11.6 Å². The maximum absolute atomic E-state index is 13.0. The lowest BCUT2D eigenvalue weighted by Crippen LogP contribution is -2.12. The highest BCUT2D eigenvalue weighted by Gasteiger charge is 2.02. The van der Waals surface area contributed by atoms with Gasteiger partial charge < -0.3 is 5.32 Å². The topological polar surface area (TPSA) is 12.0 Å². The standard InChI is InChI=1S/C12H10BrClFNS/c13-12-4-2-10(17-12)7-16-6-8-5-9(15)1-3-11(8)14/h1-5,16H,6-7H2. The molecule has 0 aliphatic heterocycles. The van der Waals surface area contributed by atoms with Crippen molar-refractivity contribution < 1.29 is 4.39 Å². The van der Waals surface area contributed by atoms with Crippen molar-refractivity contribution >= 4 is 38.9 Å². The van der Waals surface area contributed by atoms with Crippen LogP contribution in [0.15, 0.2) is 34.1 Å². The molecule has 1 aromatic heterocycles. The Kier molecular flexibility index (Phi) is 4.56. The van der Waals surface area contributed by atoms with Gasteiger partial charge in [-0.25, -0.2) is 4.39 Å². The Morgan fingerprint density at radius 1 is 1.24 bits per heavy atom. The van der Waals surface area contributed by atoms with Gasteiger partial charge in [0.2, 0.25) is 0 Å². The fourth-order valence-corrected chi connectivity index (χ4v) is 3.08. The summed E-state index contributed by atoms with van der Waals surface area (Å²) >= 11 is 11.1.